The minimum absolute atomic E-state index is 0.320. The monoisotopic (exact) mass is 311 g/mol. The van der Waals surface area contributed by atoms with Crippen molar-refractivity contribution in [3.05, 3.63) is 17.0 Å². The van der Waals surface area contributed by atoms with Gasteiger partial charge in [-0.25, -0.2) is 0 Å². The summed E-state index contributed by atoms with van der Waals surface area (Å²) in [6.07, 6.45) is 2.66. The lowest BCUT2D eigenvalue weighted by atomic mass is 10.1. The molecule has 0 spiro atoms. The molecule has 1 fully saturated rings. The molecule has 0 unspecified atom stereocenters. The van der Waals surface area contributed by atoms with E-state index in [0.29, 0.717) is 15.7 Å². The normalized spacial score (nSPS) is 19.3. The Hall–Kier alpha value is -1.01. The molecule has 0 aliphatic carbocycles. The van der Waals surface area contributed by atoms with Gasteiger partial charge < -0.3 is 4.90 Å². The van der Waals surface area contributed by atoms with Crippen LogP contribution in [0.4, 0.5) is 5.82 Å². The van der Waals surface area contributed by atoms with Gasteiger partial charge in [0, 0.05) is 29.2 Å². The van der Waals surface area contributed by atoms with Gasteiger partial charge in [-0.05, 0) is 13.3 Å². The summed E-state index contributed by atoms with van der Waals surface area (Å²) in [6.45, 7) is 8.59. The van der Waals surface area contributed by atoms with E-state index in [2.05, 4.69) is 33.8 Å². The molecule has 0 atom stereocenters. The number of hydrogen-bond donors (Lipinski definition) is 0. The molecule has 1 aliphatic heterocycles. The van der Waals surface area contributed by atoms with Crippen LogP contribution in [-0.4, -0.2) is 43.2 Å². The molecule has 0 radical (unpaired) electrons. The standard InChI is InChI=1S/C13H18ClN5S/c1-9-10(14)17-12-15-8-16-19(12)11(9)18-5-4-13(2,3)20-7-6-18/h8H,4-7H2,1-3H3. The molecule has 3 heterocycles. The van der Waals surface area contributed by atoms with Gasteiger partial charge in [-0.1, -0.05) is 25.4 Å². The maximum absolute atomic E-state index is 6.24. The summed E-state index contributed by atoms with van der Waals surface area (Å²) in [5.41, 5.74) is 0.967. The van der Waals surface area contributed by atoms with E-state index in [1.54, 1.807) is 4.52 Å². The van der Waals surface area contributed by atoms with Crippen LogP contribution in [0.1, 0.15) is 25.8 Å². The zero-order valence-electron chi connectivity index (χ0n) is 11.9. The van der Waals surface area contributed by atoms with Gasteiger partial charge in [-0.3, -0.25) is 0 Å². The van der Waals surface area contributed by atoms with Gasteiger partial charge in [0.2, 0.25) is 0 Å². The molecule has 1 aliphatic rings. The summed E-state index contributed by atoms with van der Waals surface area (Å²) in [5.74, 6) is 2.69. The van der Waals surface area contributed by atoms with Gasteiger partial charge in [0.05, 0.1) is 0 Å². The molecule has 1 saturated heterocycles. The molecule has 0 bridgehead atoms. The number of rotatable bonds is 1. The highest BCUT2D eigenvalue weighted by Crippen LogP contribution is 2.34. The smallest absolute Gasteiger partial charge is 0.255 e. The fourth-order valence-corrected chi connectivity index (χ4v) is 3.75. The largest absolute Gasteiger partial charge is 0.355 e. The second-order valence-corrected chi connectivity index (χ2v) is 7.83. The van der Waals surface area contributed by atoms with Crippen LogP contribution in [0.5, 0.6) is 0 Å². The molecule has 20 heavy (non-hydrogen) atoms. The minimum atomic E-state index is 0.320. The number of fused-ring (bicyclic) bond motifs is 1. The van der Waals surface area contributed by atoms with Gasteiger partial charge in [-0.15, -0.1) is 0 Å². The third-order valence-electron chi connectivity index (χ3n) is 3.71. The van der Waals surface area contributed by atoms with Crippen molar-refractivity contribution < 1.29 is 0 Å². The third-order valence-corrected chi connectivity index (χ3v) is 5.45. The van der Waals surface area contributed by atoms with Gasteiger partial charge in [0.1, 0.15) is 17.3 Å². The first-order valence-corrected chi connectivity index (χ1v) is 8.09. The molecule has 0 amide bonds. The lowest BCUT2D eigenvalue weighted by Gasteiger charge is -2.25. The van der Waals surface area contributed by atoms with E-state index in [9.17, 15) is 0 Å². The van der Waals surface area contributed by atoms with Crippen LogP contribution < -0.4 is 4.90 Å². The summed E-state index contributed by atoms with van der Waals surface area (Å²) in [7, 11) is 0. The van der Waals surface area contributed by atoms with Crippen molar-refractivity contribution >= 4 is 35.0 Å². The lowest BCUT2D eigenvalue weighted by molar-refractivity contribution is 0.630. The Morgan fingerprint density at radius 1 is 1.35 bits per heavy atom. The number of nitrogens with zero attached hydrogens (tertiary/aromatic N) is 5. The average Bonchev–Trinajstić information content (AvgIpc) is 2.75. The van der Waals surface area contributed by atoms with Crippen LogP contribution in [0.3, 0.4) is 0 Å². The van der Waals surface area contributed by atoms with Gasteiger partial charge in [-0.2, -0.15) is 31.3 Å². The predicted octanol–water partition coefficient (Wildman–Crippen LogP) is 2.81. The number of anilines is 1. The molecule has 0 N–H and O–H groups in total. The van der Waals surface area contributed by atoms with Crippen molar-refractivity contribution in [2.75, 3.05) is 23.7 Å². The fraction of sp³-hybridized carbons (Fsp3) is 0.615. The highest BCUT2D eigenvalue weighted by Gasteiger charge is 2.26. The van der Waals surface area contributed by atoms with Crippen LogP contribution in [0, 0.1) is 6.92 Å². The predicted molar refractivity (Wildman–Crippen MR) is 83.9 cm³/mol. The Morgan fingerprint density at radius 2 is 2.15 bits per heavy atom. The quantitative estimate of drug-likeness (QED) is 0.758. The molecule has 2 aromatic heterocycles. The number of thioether (sulfide) groups is 1. The molecule has 2 aromatic rings. The van der Waals surface area contributed by atoms with Crippen LogP contribution in [0.15, 0.2) is 6.33 Å². The van der Waals surface area contributed by atoms with Crippen LogP contribution >= 0.6 is 23.4 Å². The van der Waals surface area contributed by atoms with E-state index in [4.69, 9.17) is 11.6 Å². The fourth-order valence-electron chi connectivity index (χ4n) is 2.49. The molecule has 3 rings (SSSR count). The van der Waals surface area contributed by atoms with E-state index in [0.717, 1.165) is 36.6 Å². The van der Waals surface area contributed by atoms with Gasteiger partial charge in [0.25, 0.3) is 5.78 Å². The molecule has 7 heteroatoms. The van der Waals surface area contributed by atoms with E-state index >= 15 is 0 Å². The Kier molecular flexibility index (Phi) is 3.54. The highest BCUT2D eigenvalue weighted by atomic mass is 35.5. The second-order valence-electron chi connectivity index (χ2n) is 5.67. The molecule has 108 valence electrons. The molecular weight excluding hydrogens is 294 g/mol. The number of aromatic nitrogens is 4. The van der Waals surface area contributed by atoms with Gasteiger partial charge >= 0.3 is 0 Å². The maximum atomic E-state index is 6.24. The summed E-state index contributed by atoms with van der Waals surface area (Å²) >= 11 is 8.26. The van der Waals surface area contributed by atoms with Crippen LogP contribution in [0.2, 0.25) is 5.15 Å². The van der Waals surface area contributed by atoms with Crippen molar-refractivity contribution in [1.82, 2.24) is 19.6 Å². The zero-order valence-corrected chi connectivity index (χ0v) is 13.5. The van der Waals surface area contributed by atoms with E-state index in [-0.39, 0.29) is 0 Å². The van der Waals surface area contributed by atoms with Crippen LogP contribution in [-0.2, 0) is 0 Å². The first kappa shape index (κ1) is 13.9. The zero-order chi connectivity index (χ0) is 14.3. The third kappa shape index (κ3) is 2.46. The number of halogens is 1. The molecule has 0 aromatic carbocycles. The molecule has 0 saturated carbocycles. The van der Waals surface area contributed by atoms with Gasteiger partial charge in [0.15, 0.2) is 0 Å². The van der Waals surface area contributed by atoms with Crippen molar-refractivity contribution in [3.63, 3.8) is 0 Å². The van der Waals surface area contributed by atoms with Crippen molar-refractivity contribution in [1.29, 1.82) is 0 Å². The van der Waals surface area contributed by atoms with Crippen LogP contribution in [0.25, 0.3) is 5.78 Å². The second kappa shape index (κ2) is 5.07. The lowest BCUT2D eigenvalue weighted by Crippen LogP contribution is -2.30. The van der Waals surface area contributed by atoms with Crippen molar-refractivity contribution in [3.8, 4) is 0 Å². The first-order valence-electron chi connectivity index (χ1n) is 6.73. The SMILES string of the molecule is Cc1c(Cl)nc2ncnn2c1N1CCSC(C)(C)CC1. The topological polar surface area (TPSA) is 46.3 Å². The van der Waals surface area contributed by atoms with E-state index in [1.807, 2.05) is 18.7 Å². The minimum Gasteiger partial charge on any atom is -0.355 e. The summed E-state index contributed by atoms with van der Waals surface area (Å²) in [6, 6.07) is 0. The summed E-state index contributed by atoms with van der Waals surface area (Å²) < 4.78 is 2.12. The summed E-state index contributed by atoms with van der Waals surface area (Å²) in [4.78, 5) is 10.8. The highest BCUT2D eigenvalue weighted by molar-refractivity contribution is 8.00. The first-order chi connectivity index (χ1) is 9.48. The Bertz CT molecular complexity index is 639. The molecular formula is C13H18ClN5S. The van der Waals surface area contributed by atoms with Crippen molar-refractivity contribution in [2.45, 2.75) is 31.9 Å². The van der Waals surface area contributed by atoms with E-state index < -0.39 is 0 Å². The number of hydrogen-bond acceptors (Lipinski definition) is 5. The van der Waals surface area contributed by atoms with Crippen molar-refractivity contribution in [2.24, 2.45) is 0 Å². The molecule has 5 nitrogen and oxygen atoms in total. The maximum Gasteiger partial charge on any atom is 0.255 e. The Labute approximate surface area is 127 Å². The van der Waals surface area contributed by atoms with E-state index in [1.165, 1.54) is 6.33 Å². The Balaban J connectivity index is 2.05. The summed E-state index contributed by atoms with van der Waals surface area (Å²) in [5, 5.41) is 4.81. The average molecular weight is 312 g/mol. The Morgan fingerprint density at radius 3 is 2.95 bits per heavy atom.